The van der Waals surface area contributed by atoms with E-state index in [0.29, 0.717) is 16.6 Å². The highest BCUT2D eigenvalue weighted by atomic mass is 79.9. The number of hydrogen-bond donors (Lipinski definition) is 1. The summed E-state index contributed by atoms with van der Waals surface area (Å²) < 4.78 is 25.8. The summed E-state index contributed by atoms with van der Waals surface area (Å²) in [4.78, 5) is 11.6. The first-order chi connectivity index (χ1) is 9.71. The Hall–Kier alpha value is -1.08. The summed E-state index contributed by atoms with van der Waals surface area (Å²) in [6.45, 7) is 4.40. The van der Waals surface area contributed by atoms with Gasteiger partial charge in [-0.25, -0.2) is 8.42 Å². The number of rotatable bonds is 7. The number of sulfonamides is 1. The maximum absolute atomic E-state index is 11.9. The van der Waals surface area contributed by atoms with Gasteiger partial charge in [-0.15, -0.1) is 0 Å². The van der Waals surface area contributed by atoms with Gasteiger partial charge in [0.05, 0.1) is 18.5 Å². The maximum atomic E-state index is 11.9. The summed E-state index contributed by atoms with van der Waals surface area (Å²) in [7, 11) is -3.41. The molecule has 1 aromatic carbocycles. The molecule has 7 heteroatoms. The van der Waals surface area contributed by atoms with Gasteiger partial charge in [-0.1, -0.05) is 26.0 Å². The highest BCUT2D eigenvalue weighted by Crippen LogP contribution is 2.27. The van der Waals surface area contributed by atoms with Crippen LogP contribution in [0.2, 0.25) is 0 Å². The smallest absolute Gasteiger partial charge is 0.232 e. The van der Waals surface area contributed by atoms with Crippen molar-refractivity contribution in [1.82, 2.24) is 5.32 Å². The standard InChI is InChI=1S/C14H21BrN2O3S/c1-11(2)10-14(18)16-8-9-17(21(3,19)20)13-7-5-4-6-12(13)15/h4-7,11H,8-10H2,1-3H3,(H,16,18). The normalized spacial score (nSPS) is 11.5. The summed E-state index contributed by atoms with van der Waals surface area (Å²) in [5, 5.41) is 2.75. The van der Waals surface area contributed by atoms with Gasteiger partial charge < -0.3 is 5.32 Å². The third-order valence-electron chi connectivity index (χ3n) is 2.75. The van der Waals surface area contributed by atoms with E-state index < -0.39 is 10.0 Å². The Labute approximate surface area is 134 Å². The van der Waals surface area contributed by atoms with Crippen molar-refractivity contribution in [2.75, 3.05) is 23.7 Å². The largest absolute Gasteiger partial charge is 0.354 e. The molecule has 0 aliphatic carbocycles. The third-order valence-corrected chi connectivity index (χ3v) is 4.60. The zero-order valence-electron chi connectivity index (χ0n) is 12.5. The summed E-state index contributed by atoms with van der Waals surface area (Å²) in [6.07, 6.45) is 1.59. The van der Waals surface area contributed by atoms with Crippen LogP contribution in [0.4, 0.5) is 5.69 Å². The van der Waals surface area contributed by atoms with Crippen LogP contribution in [-0.2, 0) is 14.8 Å². The van der Waals surface area contributed by atoms with E-state index in [2.05, 4.69) is 21.2 Å². The number of halogens is 1. The van der Waals surface area contributed by atoms with Crippen molar-refractivity contribution < 1.29 is 13.2 Å². The third kappa shape index (κ3) is 6.05. The number of nitrogens with one attached hydrogen (secondary N) is 1. The molecule has 0 heterocycles. The van der Waals surface area contributed by atoms with Gasteiger partial charge in [-0.2, -0.15) is 0 Å². The second kappa shape index (κ2) is 7.79. The van der Waals surface area contributed by atoms with Crippen LogP contribution in [0.1, 0.15) is 20.3 Å². The van der Waals surface area contributed by atoms with Gasteiger partial charge in [-0.3, -0.25) is 9.10 Å². The second-order valence-electron chi connectivity index (χ2n) is 5.23. The molecule has 0 aliphatic heterocycles. The molecule has 0 unspecified atom stereocenters. The van der Waals surface area contributed by atoms with Gasteiger partial charge in [0.15, 0.2) is 0 Å². The Morgan fingerprint density at radius 1 is 1.33 bits per heavy atom. The quantitative estimate of drug-likeness (QED) is 0.794. The predicted octanol–water partition coefficient (Wildman–Crippen LogP) is 2.38. The number of carbonyl (C=O) groups excluding carboxylic acids is 1. The average Bonchev–Trinajstić information content (AvgIpc) is 2.33. The molecule has 0 bridgehead atoms. The first kappa shape index (κ1) is 18.0. The second-order valence-corrected chi connectivity index (χ2v) is 8.00. The lowest BCUT2D eigenvalue weighted by molar-refractivity contribution is -0.121. The maximum Gasteiger partial charge on any atom is 0.232 e. The fraction of sp³-hybridized carbons (Fsp3) is 0.500. The minimum atomic E-state index is -3.41. The number of carbonyl (C=O) groups is 1. The topological polar surface area (TPSA) is 66.5 Å². The van der Waals surface area contributed by atoms with Crippen molar-refractivity contribution in [3.63, 3.8) is 0 Å². The Morgan fingerprint density at radius 2 is 1.95 bits per heavy atom. The molecule has 1 amide bonds. The van der Waals surface area contributed by atoms with Crippen molar-refractivity contribution in [2.24, 2.45) is 5.92 Å². The van der Waals surface area contributed by atoms with Gasteiger partial charge in [0.25, 0.3) is 0 Å². The fourth-order valence-electron chi connectivity index (χ4n) is 1.86. The van der Waals surface area contributed by atoms with E-state index in [1.807, 2.05) is 19.9 Å². The van der Waals surface area contributed by atoms with E-state index >= 15 is 0 Å². The molecule has 1 aromatic rings. The number of para-hydroxylation sites is 1. The summed E-state index contributed by atoms with van der Waals surface area (Å²) in [5.74, 6) is 0.213. The molecule has 0 spiro atoms. The molecule has 118 valence electrons. The summed E-state index contributed by atoms with van der Waals surface area (Å²) in [6, 6.07) is 7.10. The van der Waals surface area contributed by atoms with Crippen LogP contribution in [0.5, 0.6) is 0 Å². The van der Waals surface area contributed by atoms with Crippen molar-refractivity contribution in [3.8, 4) is 0 Å². The van der Waals surface area contributed by atoms with Gasteiger partial charge >= 0.3 is 0 Å². The monoisotopic (exact) mass is 376 g/mol. The first-order valence-electron chi connectivity index (χ1n) is 6.70. The predicted molar refractivity (Wildman–Crippen MR) is 88.8 cm³/mol. The number of benzene rings is 1. The van der Waals surface area contributed by atoms with Crippen LogP contribution in [0.15, 0.2) is 28.7 Å². The highest BCUT2D eigenvalue weighted by Gasteiger charge is 2.19. The zero-order valence-corrected chi connectivity index (χ0v) is 14.9. The van der Waals surface area contributed by atoms with E-state index in [0.717, 1.165) is 6.26 Å². The van der Waals surface area contributed by atoms with E-state index in [-0.39, 0.29) is 24.9 Å². The van der Waals surface area contributed by atoms with Crippen molar-refractivity contribution in [1.29, 1.82) is 0 Å². The first-order valence-corrected chi connectivity index (χ1v) is 9.35. The summed E-state index contributed by atoms with van der Waals surface area (Å²) >= 11 is 3.35. The zero-order chi connectivity index (χ0) is 16.0. The Balaban J connectivity index is 2.74. The number of amides is 1. The van der Waals surface area contributed by atoms with Gasteiger partial charge in [0.1, 0.15) is 0 Å². The molecule has 0 saturated heterocycles. The Morgan fingerprint density at radius 3 is 2.48 bits per heavy atom. The molecule has 0 saturated carbocycles. The van der Waals surface area contributed by atoms with Crippen LogP contribution in [0.25, 0.3) is 0 Å². The summed E-state index contributed by atoms with van der Waals surface area (Å²) in [5.41, 5.74) is 0.568. The molecular weight excluding hydrogens is 356 g/mol. The molecule has 21 heavy (non-hydrogen) atoms. The van der Waals surface area contributed by atoms with E-state index in [9.17, 15) is 13.2 Å². The lowest BCUT2D eigenvalue weighted by Crippen LogP contribution is -2.38. The number of hydrogen-bond acceptors (Lipinski definition) is 3. The molecule has 5 nitrogen and oxygen atoms in total. The van der Waals surface area contributed by atoms with Gasteiger partial charge in [-0.05, 0) is 34.0 Å². The van der Waals surface area contributed by atoms with Crippen LogP contribution in [0, 0.1) is 5.92 Å². The van der Waals surface area contributed by atoms with Crippen LogP contribution in [-0.4, -0.2) is 33.7 Å². The lowest BCUT2D eigenvalue weighted by Gasteiger charge is -2.23. The van der Waals surface area contributed by atoms with E-state index in [1.54, 1.807) is 18.2 Å². The lowest BCUT2D eigenvalue weighted by atomic mass is 10.1. The minimum Gasteiger partial charge on any atom is -0.354 e. The van der Waals surface area contributed by atoms with Crippen molar-refractivity contribution >= 4 is 37.5 Å². The molecule has 0 radical (unpaired) electrons. The van der Waals surface area contributed by atoms with E-state index in [1.165, 1.54) is 4.31 Å². The molecular formula is C14H21BrN2O3S. The van der Waals surface area contributed by atoms with Gasteiger partial charge in [0.2, 0.25) is 15.9 Å². The number of anilines is 1. The van der Waals surface area contributed by atoms with Gasteiger partial charge in [0, 0.05) is 17.4 Å². The molecule has 1 rings (SSSR count). The molecule has 1 N–H and O–H groups in total. The molecule has 0 fully saturated rings. The van der Waals surface area contributed by atoms with Crippen molar-refractivity contribution in [2.45, 2.75) is 20.3 Å². The number of nitrogens with zero attached hydrogens (tertiary/aromatic N) is 1. The SMILES string of the molecule is CC(C)CC(=O)NCCN(c1ccccc1Br)S(C)(=O)=O. The fourth-order valence-corrected chi connectivity index (χ4v) is 3.41. The van der Waals surface area contributed by atoms with Crippen LogP contribution >= 0.6 is 15.9 Å². The van der Waals surface area contributed by atoms with Crippen LogP contribution in [0.3, 0.4) is 0 Å². The molecule has 0 aliphatic rings. The minimum absolute atomic E-state index is 0.0643. The highest BCUT2D eigenvalue weighted by molar-refractivity contribution is 9.10. The van der Waals surface area contributed by atoms with Crippen molar-refractivity contribution in [3.05, 3.63) is 28.7 Å². The average molecular weight is 377 g/mol. The van der Waals surface area contributed by atoms with Crippen LogP contribution < -0.4 is 9.62 Å². The Bertz CT molecular complexity index is 588. The van der Waals surface area contributed by atoms with E-state index in [4.69, 9.17) is 0 Å². The Kier molecular flexibility index (Phi) is 6.67. The molecule has 0 aromatic heterocycles. The molecule has 0 atom stereocenters.